The fourth-order valence-corrected chi connectivity index (χ4v) is 3.32. The molecule has 2 aromatic carbocycles. The van der Waals surface area contributed by atoms with E-state index in [9.17, 15) is 0 Å². The third-order valence-corrected chi connectivity index (χ3v) is 4.42. The van der Waals surface area contributed by atoms with Crippen LogP contribution in [0.4, 0.5) is 5.69 Å². The number of hydrogen-bond acceptors (Lipinski definition) is 2. The third kappa shape index (κ3) is 3.80. The van der Waals surface area contributed by atoms with Crippen LogP contribution < -0.4 is 5.73 Å². The van der Waals surface area contributed by atoms with Gasteiger partial charge in [-0.25, -0.2) is 0 Å². The van der Waals surface area contributed by atoms with Crippen molar-refractivity contribution in [2.75, 3.05) is 5.73 Å². The molecular formula is C18H23NS. The first-order valence-electron chi connectivity index (χ1n) is 7.38. The van der Waals surface area contributed by atoms with Gasteiger partial charge in [0.2, 0.25) is 0 Å². The molecule has 0 aliphatic carbocycles. The normalized spacial score (nSPS) is 10.7. The SMILES string of the molecule is CCCc1cc(N)c(Sc2ccccc2)cc1CCC. The van der Waals surface area contributed by atoms with Crippen LogP contribution in [0.5, 0.6) is 0 Å². The van der Waals surface area contributed by atoms with Gasteiger partial charge in [0.05, 0.1) is 0 Å². The fourth-order valence-electron chi connectivity index (χ4n) is 2.39. The Morgan fingerprint density at radius 3 is 2.10 bits per heavy atom. The van der Waals surface area contributed by atoms with Crippen LogP contribution >= 0.6 is 11.8 Å². The van der Waals surface area contributed by atoms with Gasteiger partial charge >= 0.3 is 0 Å². The van der Waals surface area contributed by atoms with Crippen LogP contribution in [-0.2, 0) is 12.8 Å². The van der Waals surface area contributed by atoms with Crippen molar-refractivity contribution >= 4 is 17.4 Å². The lowest BCUT2D eigenvalue weighted by Crippen LogP contribution is -1.99. The molecule has 0 atom stereocenters. The molecule has 0 saturated carbocycles. The Kier molecular flexibility index (Phi) is 5.54. The highest BCUT2D eigenvalue weighted by Crippen LogP contribution is 2.34. The second kappa shape index (κ2) is 7.39. The molecule has 20 heavy (non-hydrogen) atoms. The second-order valence-corrected chi connectivity index (χ2v) is 6.19. The average molecular weight is 285 g/mol. The van der Waals surface area contributed by atoms with Crippen LogP contribution in [0.2, 0.25) is 0 Å². The zero-order chi connectivity index (χ0) is 14.4. The number of anilines is 1. The highest BCUT2D eigenvalue weighted by molar-refractivity contribution is 7.99. The smallest absolute Gasteiger partial charge is 0.0458 e. The Balaban J connectivity index is 2.31. The Labute approximate surface area is 126 Å². The van der Waals surface area contributed by atoms with E-state index in [2.05, 4.69) is 50.2 Å². The molecule has 2 N–H and O–H groups in total. The minimum absolute atomic E-state index is 0.905. The monoisotopic (exact) mass is 285 g/mol. The Morgan fingerprint density at radius 1 is 0.900 bits per heavy atom. The molecule has 0 bridgehead atoms. The maximum atomic E-state index is 6.24. The van der Waals surface area contributed by atoms with Gasteiger partial charge in [-0.15, -0.1) is 0 Å². The number of aryl methyl sites for hydroxylation is 2. The van der Waals surface area contributed by atoms with Crippen molar-refractivity contribution in [2.45, 2.75) is 49.3 Å². The van der Waals surface area contributed by atoms with Crippen LogP contribution in [0.25, 0.3) is 0 Å². The van der Waals surface area contributed by atoms with E-state index in [0.717, 1.165) is 18.5 Å². The van der Waals surface area contributed by atoms with Crippen LogP contribution in [0.3, 0.4) is 0 Å². The second-order valence-electron chi connectivity index (χ2n) is 5.07. The molecule has 106 valence electrons. The molecule has 2 heteroatoms. The summed E-state index contributed by atoms with van der Waals surface area (Å²) in [6, 6.07) is 14.9. The highest BCUT2D eigenvalue weighted by Gasteiger charge is 2.08. The van der Waals surface area contributed by atoms with E-state index in [0.29, 0.717) is 0 Å². The zero-order valence-corrected chi connectivity index (χ0v) is 13.2. The summed E-state index contributed by atoms with van der Waals surface area (Å²) in [5.74, 6) is 0. The van der Waals surface area contributed by atoms with Gasteiger partial charge in [0.15, 0.2) is 0 Å². The lowest BCUT2D eigenvalue weighted by Gasteiger charge is -2.13. The van der Waals surface area contributed by atoms with Gasteiger partial charge < -0.3 is 5.73 Å². The van der Waals surface area contributed by atoms with Gasteiger partial charge in [0, 0.05) is 15.5 Å². The minimum Gasteiger partial charge on any atom is -0.398 e. The largest absolute Gasteiger partial charge is 0.398 e. The van der Waals surface area contributed by atoms with Crippen molar-refractivity contribution in [2.24, 2.45) is 0 Å². The zero-order valence-electron chi connectivity index (χ0n) is 12.4. The molecule has 0 saturated heterocycles. The molecule has 0 aliphatic rings. The number of nitrogen functional groups attached to an aromatic ring is 1. The fraction of sp³-hybridized carbons (Fsp3) is 0.333. The topological polar surface area (TPSA) is 26.0 Å². The maximum absolute atomic E-state index is 6.24. The summed E-state index contributed by atoms with van der Waals surface area (Å²) < 4.78 is 0. The van der Waals surface area contributed by atoms with Gasteiger partial charge in [-0.2, -0.15) is 0 Å². The van der Waals surface area contributed by atoms with Crippen molar-refractivity contribution in [3.8, 4) is 0 Å². The average Bonchev–Trinajstić information content (AvgIpc) is 2.45. The standard InChI is InChI=1S/C18H23NS/c1-3-8-14-12-17(19)18(13-15(14)9-4-2)20-16-10-6-5-7-11-16/h5-7,10-13H,3-4,8-9,19H2,1-2H3. The number of nitrogens with two attached hydrogens (primary N) is 1. The van der Waals surface area contributed by atoms with Crippen LogP contribution in [0.1, 0.15) is 37.8 Å². The van der Waals surface area contributed by atoms with Crippen molar-refractivity contribution in [3.63, 3.8) is 0 Å². The highest BCUT2D eigenvalue weighted by atomic mass is 32.2. The minimum atomic E-state index is 0.905. The van der Waals surface area contributed by atoms with E-state index in [1.165, 1.54) is 33.8 Å². The molecule has 0 unspecified atom stereocenters. The quantitative estimate of drug-likeness (QED) is 0.726. The van der Waals surface area contributed by atoms with E-state index in [-0.39, 0.29) is 0 Å². The Bertz CT molecular complexity index is 549. The number of hydrogen-bond donors (Lipinski definition) is 1. The molecule has 0 spiro atoms. The van der Waals surface area contributed by atoms with Crippen LogP contribution in [-0.4, -0.2) is 0 Å². The van der Waals surface area contributed by atoms with Crippen LogP contribution in [0, 0.1) is 0 Å². The van der Waals surface area contributed by atoms with Gasteiger partial charge in [-0.1, -0.05) is 56.7 Å². The molecule has 2 aromatic rings. The lowest BCUT2D eigenvalue weighted by molar-refractivity contribution is 0.858. The summed E-state index contributed by atoms with van der Waals surface area (Å²) in [6.07, 6.45) is 4.60. The number of rotatable bonds is 6. The van der Waals surface area contributed by atoms with Crippen molar-refractivity contribution in [3.05, 3.63) is 53.6 Å². The summed E-state index contributed by atoms with van der Waals surface area (Å²) in [4.78, 5) is 2.42. The molecule has 0 radical (unpaired) electrons. The molecule has 0 heterocycles. The van der Waals surface area contributed by atoms with Gasteiger partial charge in [0.25, 0.3) is 0 Å². The molecule has 2 rings (SSSR count). The van der Waals surface area contributed by atoms with E-state index in [4.69, 9.17) is 5.73 Å². The summed E-state index contributed by atoms with van der Waals surface area (Å²) in [6.45, 7) is 4.45. The molecule has 0 fully saturated rings. The van der Waals surface area contributed by atoms with Crippen LogP contribution in [0.15, 0.2) is 52.3 Å². The van der Waals surface area contributed by atoms with Crippen molar-refractivity contribution in [1.29, 1.82) is 0 Å². The Hall–Kier alpha value is -1.41. The molecule has 0 aromatic heterocycles. The first-order chi connectivity index (χ1) is 9.74. The predicted molar refractivity (Wildman–Crippen MR) is 89.4 cm³/mol. The van der Waals surface area contributed by atoms with Crippen molar-refractivity contribution < 1.29 is 0 Å². The van der Waals surface area contributed by atoms with E-state index in [1.807, 2.05) is 6.07 Å². The summed E-state index contributed by atoms with van der Waals surface area (Å²) in [5, 5.41) is 0. The van der Waals surface area contributed by atoms with Gasteiger partial charge in [0.1, 0.15) is 0 Å². The van der Waals surface area contributed by atoms with Gasteiger partial charge in [-0.05, 0) is 48.2 Å². The third-order valence-electron chi connectivity index (χ3n) is 3.34. The van der Waals surface area contributed by atoms with Crippen molar-refractivity contribution in [1.82, 2.24) is 0 Å². The first kappa shape index (κ1) is 15.0. The molecule has 1 nitrogen and oxygen atoms in total. The molecule has 0 amide bonds. The van der Waals surface area contributed by atoms with Gasteiger partial charge in [-0.3, -0.25) is 0 Å². The first-order valence-corrected chi connectivity index (χ1v) is 8.20. The van der Waals surface area contributed by atoms with E-state index < -0.39 is 0 Å². The predicted octanol–water partition coefficient (Wildman–Crippen LogP) is 5.33. The van der Waals surface area contributed by atoms with E-state index >= 15 is 0 Å². The van der Waals surface area contributed by atoms with E-state index in [1.54, 1.807) is 11.8 Å². The summed E-state index contributed by atoms with van der Waals surface area (Å²) >= 11 is 1.76. The summed E-state index contributed by atoms with van der Waals surface area (Å²) in [5.41, 5.74) is 10.0. The lowest BCUT2D eigenvalue weighted by atomic mass is 9.99. The maximum Gasteiger partial charge on any atom is 0.0458 e. The molecule has 0 aliphatic heterocycles. The summed E-state index contributed by atoms with van der Waals surface area (Å²) in [7, 11) is 0. The Morgan fingerprint density at radius 2 is 1.50 bits per heavy atom. The number of benzene rings is 2. The molecular weight excluding hydrogens is 262 g/mol.